The molecule has 1 saturated carbocycles. The summed E-state index contributed by atoms with van der Waals surface area (Å²) in [5.41, 5.74) is 0.986. The minimum absolute atomic E-state index is 0.214. The average Bonchev–Trinajstić information content (AvgIpc) is 3.07. The molecule has 2 N–H and O–H groups in total. The van der Waals surface area contributed by atoms with E-state index in [4.69, 9.17) is 0 Å². The van der Waals surface area contributed by atoms with E-state index in [-0.39, 0.29) is 6.04 Å². The van der Waals surface area contributed by atoms with Crippen LogP contribution in [-0.4, -0.2) is 22.7 Å². The summed E-state index contributed by atoms with van der Waals surface area (Å²) in [4.78, 5) is 0. The third kappa shape index (κ3) is 2.53. The predicted molar refractivity (Wildman–Crippen MR) is 70.0 cm³/mol. The normalized spacial score (nSPS) is 19.4. The van der Waals surface area contributed by atoms with Crippen molar-refractivity contribution in [1.82, 2.24) is 5.32 Å². The van der Waals surface area contributed by atoms with Gasteiger partial charge in [-0.1, -0.05) is 18.2 Å². The van der Waals surface area contributed by atoms with E-state index in [0.717, 1.165) is 12.1 Å². The molecule has 16 heavy (non-hydrogen) atoms. The van der Waals surface area contributed by atoms with Crippen LogP contribution in [0.5, 0.6) is 5.75 Å². The van der Waals surface area contributed by atoms with Crippen molar-refractivity contribution in [3.8, 4) is 5.75 Å². The van der Waals surface area contributed by atoms with Crippen LogP contribution in [-0.2, 0) is 0 Å². The van der Waals surface area contributed by atoms with Gasteiger partial charge in [0, 0.05) is 22.9 Å². The summed E-state index contributed by atoms with van der Waals surface area (Å²) in [6.07, 6.45) is 4.81. The lowest BCUT2D eigenvalue weighted by molar-refractivity contribution is 0.452. The summed E-state index contributed by atoms with van der Waals surface area (Å²) in [6, 6.07) is 7.76. The molecule has 2 rings (SSSR count). The number of hydrogen-bond acceptors (Lipinski definition) is 3. The van der Waals surface area contributed by atoms with Gasteiger partial charge in [0.2, 0.25) is 0 Å². The smallest absolute Gasteiger partial charge is 0.120 e. The number of phenols is 1. The zero-order valence-corrected chi connectivity index (χ0v) is 10.7. The number of aromatic hydroxyl groups is 1. The number of phenolic OH excluding ortho intramolecular Hbond substituents is 1. The van der Waals surface area contributed by atoms with Crippen molar-refractivity contribution < 1.29 is 5.11 Å². The minimum Gasteiger partial charge on any atom is -0.508 e. The monoisotopic (exact) mass is 237 g/mol. The lowest BCUT2D eigenvalue weighted by Gasteiger charge is -2.19. The van der Waals surface area contributed by atoms with Crippen molar-refractivity contribution >= 4 is 11.8 Å². The molecule has 1 aromatic carbocycles. The Labute approximate surface area is 101 Å². The number of nitrogens with one attached hydrogen (secondary N) is 1. The Morgan fingerprint density at radius 2 is 2.12 bits per heavy atom. The Balaban J connectivity index is 1.93. The van der Waals surface area contributed by atoms with E-state index in [1.165, 1.54) is 12.8 Å². The van der Waals surface area contributed by atoms with E-state index in [0.29, 0.717) is 10.5 Å². The molecule has 1 aromatic rings. The second-order valence-corrected chi connectivity index (χ2v) is 5.82. The summed E-state index contributed by atoms with van der Waals surface area (Å²) >= 11 is 1.95. The lowest BCUT2D eigenvalue weighted by atomic mass is 10.1. The first kappa shape index (κ1) is 11.8. The SMILES string of the molecule is CSC1(CNC(C)c2ccccc2O)CC1. The maximum absolute atomic E-state index is 9.74. The Kier molecular flexibility index (Phi) is 3.45. The van der Waals surface area contributed by atoms with E-state index in [1.54, 1.807) is 6.07 Å². The van der Waals surface area contributed by atoms with Gasteiger partial charge in [-0.2, -0.15) is 11.8 Å². The van der Waals surface area contributed by atoms with Crippen molar-refractivity contribution in [3.05, 3.63) is 29.8 Å². The molecule has 0 aliphatic heterocycles. The van der Waals surface area contributed by atoms with Gasteiger partial charge in [-0.3, -0.25) is 0 Å². The molecule has 88 valence electrons. The molecule has 1 fully saturated rings. The van der Waals surface area contributed by atoms with Crippen molar-refractivity contribution in [3.63, 3.8) is 0 Å². The highest BCUT2D eigenvalue weighted by Gasteiger charge is 2.41. The minimum atomic E-state index is 0.214. The van der Waals surface area contributed by atoms with Gasteiger partial charge in [-0.25, -0.2) is 0 Å². The van der Waals surface area contributed by atoms with Gasteiger partial charge in [0.05, 0.1) is 0 Å². The zero-order chi connectivity index (χ0) is 11.6. The molecule has 1 aliphatic rings. The highest BCUT2D eigenvalue weighted by atomic mass is 32.2. The van der Waals surface area contributed by atoms with Gasteiger partial charge in [0.15, 0.2) is 0 Å². The van der Waals surface area contributed by atoms with E-state index < -0.39 is 0 Å². The fourth-order valence-electron chi connectivity index (χ4n) is 1.90. The molecule has 0 heterocycles. The van der Waals surface area contributed by atoms with E-state index in [9.17, 15) is 5.11 Å². The van der Waals surface area contributed by atoms with Crippen LogP contribution in [0.1, 0.15) is 31.4 Å². The summed E-state index contributed by atoms with van der Waals surface area (Å²) in [7, 11) is 0. The number of para-hydroxylation sites is 1. The second kappa shape index (κ2) is 4.68. The summed E-state index contributed by atoms with van der Waals surface area (Å²) in [5.74, 6) is 0.386. The van der Waals surface area contributed by atoms with Crippen molar-refractivity contribution in [1.29, 1.82) is 0 Å². The van der Waals surface area contributed by atoms with E-state index in [2.05, 4.69) is 18.5 Å². The fourth-order valence-corrected chi connectivity index (χ4v) is 2.63. The third-order valence-electron chi connectivity index (χ3n) is 3.37. The van der Waals surface area contributed by atoms with E-state index >= 15 is 0 Å². The Morgan fingerprint density at radius 3 is 2.69 bits per heavy atom. The first-order chi connectivity index (χ1) is 7.67. The highest BCUT2D eigenvalue weighted by Crippen LogP contribution is 2.46. The zero-order valence-electron chi connectivity index (χ0n) is 9.86. The number of hydrogen-bond donors (Lipinski definition) is 2. The molecule has 0 bridgehead atoms. The van der Waals surface area contributed by atoms with Crippen LogP contribution >= 0.6 is 11.8 Å². The fraction of sp³-hybridized carbons (Fsp3) is 0.538. The molecule has 2 nitrogen and oxygen atoms in total. The number of benzene rings is 1. The van der Waals surface area contributed by atoms with Gasteiger partial charge < -0.3 is 10.4 Å². The maximum atomic E-state index is 9.74. The van der Waals surface area contributed by atoms with Crippen LogP contribution < -0.4 is 5.32 Å². The van der Waals surface area contributed by atoms with Gasteiger partial charge in [-0.15, -0.1) is 0 Å². The largest absolute Gasteiger partial charge is 0.508 e. The Hall–Kier alpha value is -0.670. The molecule has 0 aromatic heterocycles. The molecule has 0 radical (unpaired) electrons. The standard InChI is InChI=1S/C13H19NOS/c1-10(11-5-3-4-6-12(11)15)14-9-13(16-2)7-8-13/h3-6,10,14-15H,7-9H2,1-2H3. The molecule has 0 saturated heterocycles. The molecular weight excluding hydrogens is 218 g/mol. The van der Waals surface area contributed by atoms with Crippen LogP contribution in [0, 0.1) is 0 Å². The number of rotatable bonds is 5. The van der Waals surface area contributed by atoms with Crippen LogP contribution in [0.15, 0.2) is 24.3 Å². The van der Waals surface area contributed by atoms with Crippen LogP contribution in [0.2, 0.25) is 0 Å². The molecule has 0 amide bonds. The van der Waals surface area contributed by atoms with Gasteiger partial charge in [0.25, 0.3) is 0 Å². The summed E-state index contributed by atoms with van der Waals surface area (Å²) in [6.45, 7) is 3.13. The Bertz CT molecular complexity index is 363. The van der Waals surface area contributed by atoms with Crippen molar-refractivity contribution in [2.24, 2.45) is 0 Å². The molecule has 1 atom stereocenters. The maximum Gasteiger partial charge on any atom is 0.120 e. The topological polar surface area (TPSA) is 32.3 Å². The van der Waals surface area contributed by atoms with Crippen molar-refractivity contribution in [2.75, 3.05) is 12.8 Å². The first-order valence-electron chi connectivity index (χ1n) is 5.73. The van der Waals surface area contributed by atoms with Crippen LogP contribution in [0.3, 0.4) is 0 Å². The average molecular weight is 237 g/mol. The molecular formula is C13H19NOS. The lowest BCUT2D eigenvalue weighted by Crippen LogP contribution is -2.28. The molecule has 3 heteroatoms. The highest BCUT2D eigenvalue weighted by molar-refractivity contribution is 8.00. The molecule has 1 unspecified atom stereocenters. The van der Waals surface area contributed by atoms with Crippen molar-refractivity contribution in [2.45, 2.75) is 30.6 Å². The molecule has 1 aliphatic carbocycles. The van der Waals surface area contributed by atoms with Gasteiger partial charge in [0.1, 0.15) is 5.75 Å². The van der Waals surface area contributed by atoms with Crippen LogP contribution in [0.25, 0.3) is 0 Å². The van der Waals surface area contributed by atoms with Crippen LogP contribution in [0.4, 0.5) is 0 Å². The summed E-state index contributed by atoms with van der Waals surface area (Å²) < 4.78 is 0.471. The second-order valence-electron chi connectivity index (χ2n) is 4.55. The first-order valence-corrected chi connectivity index (χ1v) is 6.96. The third-order valence-corrected chi connectivity index (χ3v) is 4.79. The summed E-state index contributed by atoms with van der Waals surface area (Å²) in [5, 5.41) is 13.3. The quantitative estimate of drug-likeness (QED) is 0.826. The predicted octanol–water partition coefficient (Wildman–Crippen LogP) is 2.94. The van der Waals surface area contributed by atoms with Gasteiger partial charge in [-0.05, 0) is 32.1 Å². The van der Waals surface area contributed by atoms with Gasteiger partial charge >= 0.3 is 0 Å². The van der Waals surface area contributed by atoms with E-state index in [1.807, 2.05) is 30.0 Å². The number of thioether (sulfide) groups is 1. The molecule has 0 spiro atoms. The Morgan fingerprint density at radius 1 is 1.44 bits per heavy atom.